The molecule has 94 valence electrons. The maximum atomic E-state index is 4.98. The topological polar surface area (TPSA) is 24.5 Å². The van der Waals surface area contributed by atoms with Crippen LogP contribution in [0.2, 0.25) is 0 Å². The van der Waals surface area contributed by atoms with E-state index in [-0.39, 0.29) is 0 Å². The van der Waals surface area contributed by atoms with E-state index in [9.17, 15) is 0 Å². The summed E-state index contributed by atoms with van der Waals surface area (Å²) in [7, 11) is 1.70. The zero-order chi connectivity index (χ0) is 11.9. The van der Waals surface area contributed by atoms with Gasteiger partial charge in [-0.1, -0.05) is 30.3 Å². The van der Waals surface area contributed by atoms with E-state index >= 15 is 0 Å². The number of hydrogen-bond acceptors (Lipinski definition) is 3. The van der Waals surface area contributed by atoms with Gasteiger partial charge in [0, 0.05) is 12.6 Å². The smallest absolute Gasteiger partial charge is 0.0572 e. The van der Waals surface area contributed by atoms with Gasteiger partial charge in [-0.3, -0.25) is 0 Å². The van der Waals surface area contributed by atoms with Crippen LogP contribution in [0.25, 0.3) is 0 Å². The lowest BCUT2D eigenvalue weighted by atomic mass is 10.1. The van der Waals surface area contributed by atoms with Gasteiger partial charge in [0.25, 0.3) is 0 Å². The van der Waals surface area contributed by atoms with Gasteiger partial charge in [-0.25, -0.2) is 0 Å². The third-order valence-electron chi connectivity index (χ3n) is 3.43. The lowest BCUT2D eigenvalue weighted by Gasteiger charge is -2.31. The molecule has 0 atom stereocenters. The standard InChI is InChI=1S/C14H22N2O/c1-17-15-14-8-11-16(12-9-14)10-7-13-5-3-2-4-6-13/h2-6,14-15H,7-12H2,1H3. The first-order chi connectivity index (χ1) is 8.38. The van der Waals surface area contributed by atoms with Crippen LogP contribution in [0.1, 0.15) is 18.4 Å². The molecule has 1 aliphatic heterocycles. The minimum atomic E-state index is 0.535. The van der Waals surface area contributed by atoms with Gasteiger partial charge in [0.05, 0.1) is 7.11 Å². The minimum absolute atomic E-state index is 0.535. The fraction of sp³-hybridized carbons (Fsp3) is 0.571. The number of benzene rings is 1. The van der Waals surface area contributed by atoms with Crippen LogP contribution in [0.4, 0.5) is 0 Å². The highest BCUT2D eigenvalue weighted by Gasteiger charge is 2.18. The number of piperidine rings is 1. The Morgan fingerprint density at radius 2 is 1.94 bits per heavy atom. The quantitative estimate of drug-likeness (QED) is 0.787. The summed E-state index contributed by atoms with van der Waals surface area (Å²) in [6, 6.07) is 11.3. The van der Waals surface area contributed by atoms with Crippen LogP contribution in [-0.4, -0.2) is 37.7 Å². The van der Waals surface area contributed by atoms with Crippen molar-refractivity contribution in [1.29, 1.82) is 0 Å². The molecule has 0 amide bonds. The van der Waals surface area contributed by atoms with Crippen molar-refractivity contribution in [2.75, 3.05) is 26.7 Å². The molecule has 0 aliphatic carbocycles. The predicted molar refractivity (Wildman–Crippen MR) is 69.8 cm³/mol. The van der Waals surface area contributed by atoms with Crippen molar-refractivity contribution in [1.82, 2.24) is 10.4 Å². The minimum Gasteiger partial charge on any atom is -0.305 e. The molecule has 1 aromatic rings. The first-order valence-corrected chi connectivity index (χ1v) is 6.43. The van der Waals surface area contributed by atoms with E-state index in [2.05, 4.69) is 40.7 Å². The maximum absolute atomic E-state index is 4.98. The molecule has 1 heterocycles. The lowest BCUT2D eigenvalue weighted by Crippen LogP contribution is -2.42. The van der Waals surface area contributed by atoms with Crippen molar-refractivity contribution in [3.63, 3.8) is 0 Å². The monoisotopic (exact) mass is 234 g/mol. The Kier molecular flexibility index (Phi) is 4.98. The summed E-state index contributed by atoms with van der Waals surface area (Å²) >= 11 is 0. The van der Waals surface area contributed by atoms with Crippen molar-refractivity contribution in [3.8, 4) is 0 Å². The third-order valence-corrected chi connectivity index (χ3v) is 3.43. The van der Waals surface area contributed by atoms with Crippen molar-refractivity contribution in [2.45, 2.75) is 25.3 Å². The zero-order valence-electron chi connectivity index (χ0n) is 10.6. The Labute approximate surface area is 104 Å². The summed E-state index contributed by atoms with van der Waals surface area (Å²) in [5.41, 5.74) is 4.49. The van der Waals surface area contributed by atoms with Crippen molar-refractivity contribution in [3.05, 3.63) is 35.9 Å². The van der Waals surface area contributed by atoms with Gasteiger partial charge in [0.15, 0.2) is 0 Å². The molecule has 0 bridgehead atoms. The van der Waals surface area contributed by atoms with Crippen LogP contribution in [-0.2, 0) is 11.3 Å². The van der Waals surface area contributed by atoms with Gasteiger partial charge in [-0.2, -0.15) is 5.48 Å². The normalized spacial score (nSPS) is 18.4. The van der Waals surface area contributed by atoms with Gasteiger partial charge < -0.3 is 9.74 Å². The predicted octanol–water partition coefficient (Wildman–Crippen LogP) is 1.84. The number of likely N-dealkylation sites (tertiary alicyclic amines) is 1. The fourth-order valence-electron chi connectivity index (χ4n) is 2.37. The van der Waals surface area contributed by atoms with E-state index in [1.807, 2.05) is 0 Å². The van der Waals surface area contributed by atoms with Crippen LogP contribution in [0.3, 0.4) is 0 Å². The average molecular weight is 234 g/mol. The van der Waals surface area contributed by atoms with E-state index in [1.165, 1.54) is 38.0 Å². The SMILES string of the molecule is CONC1CCN(CCc2ccccc2)CC1. The average Bonchev–Trinajstić information content (AvgIpc) is 2.40. The number of nitrogens with one attached hydrogen (secondary N) is 1. The molecule has 0 radical (unpaired) electrons. The molecule has 17 heavy (non-hydrogen) atoms. The van der Waals surface area contributed by atoms with Gasteiger partial charge in [0.2, 0.25) is 0 Å². The Morgan fingerprint density at radius 3 is 2.59 bits per heavy atom. The van der Waals surface area contributed by atoms with Crippen LogP contribution in [0.15, 0.2) is 30.3 Å². The van der Waals surface area contributed by atoms with Crippen molar-refractivity contribution in [2.24, 2.45) is 0 Å². The molecule has 1 N–H and O–H groups in total. The van der Waals surface area contributed by atoms with Crippen LogP contribution in [0, 0.1) is 0 Å². The van der Waals surface area contributed by atoms with Crippen LogP contribution >= 0.6 is 0 Å². The molecular formula is C14H22N2O. The van der Waals surface area contributed by atoms with E-state index in [0.29, 0.717) is 6.04 Å². The Morgan fingerprint density at radius 1 is 1.24 bits per heavy atom. The second-order valence-electron chi connectivity index (χ2n) is 4.67. The van der Waals surface area contributed by atoms with Gasteiger partial charge in [-0.05, 0) is 37.9 Å². The molecule has 0 unspecified atom stereocenters. The first-order valence-electron chi connectivity index (χ1n) is 6.43. The lowest BCUT2D eigenvalue weighted by molar-refractivity contribution is 0.0364. The molecule has 1 saturated heterocycles. The van der Waals surface area contributed by atoms with E-state index in [0.717, 1.165) is 6.42 Å². The Balaban J connectivity index is 1.68. The number of hydroxylamine groups is 1. The fourth-order valence-corrected chi connectivity index (χ4v) is 2.37. The van der Waals surface area contributed by atoms with Gasteiger partial charge in [0.1, 0.15) is 0 Å². The molecule has 1 aromatic carbocycles. The molecule has 0 saturated carbocycles. The molecule has 3 heteroatoms. The maximum Gasteiger partial charge on any atom is 0.0572 e. The van der Waals surface area contributed by atoms with Gasteiger partial charge in [-0.15, -0.1) is 0 Å². The highest BCUT2D eigenvalue weighted by atomic mass is 16.6. The molecule has 0 spiro atoms. The summed E-state index contributed by atoms with van der Waals surface area (Å²) in [4.78, 5) is 7.52. The second kappa shape index (κ2) is 6.74. The van der Waals surface area contributed by atoms with E-state index in [1.54, 1.807) is 7.11 Å². The van der Waals surface area contributed by atoms with E-state index < -0.39 is 0 Å². The first kappa shape index (κ1) is 12.6. The Hall–Kier alpha value is -0.900. The van der Waals surface area contributed by atoms with Crippen molar-refractivity contribution < 1.29 is 4.84 Å². The zero-order valence-corrected chi connectivity index (χ0v) is 10.6. The molecular weight excluding hydrogens is 212 g/mol. The summed E-state index contributed by atoms with van der Waals surface area (Å²) in [6.45, 7) is 3.52. The Bertz CT molecular complexity index is 307. The van der Waals surface area contributed by atoms with Gasteiger partial charge >= 0.3 is 0 Å². The van der Waals surface area contributed by atoms with Crippen LogP contribution in [0.5, 0.6) is 0 Å². The van der Waals surface area contributed by atoms with Crippen molar-refractivity contribution >= 4 is 0 Å². The molecule has 2 rings (SSSR count). The third kappa shape index (κ3) is 4.11. The summed E-state index contributed by atoms with van der Waals surface area (Å²) in [6.07, 6.45) is 3.52. The number of rotatable bonds is 5. The highest BCUT2D eigenvalue weighted by Crippen LogP contribution is 2.11. The summed E-state index contributed by atoms with van der Waals surface area (Å²) in [5.74, 6) is 0. The van der Waals surface area contributed by atoms with Crippen LogP contribution < -0.4 is 5.48 Å². The molecule has 0 aromatic heterocycles. The second-order valence-corrected chi connectivity index (χ2v) is 4.67. The molecule has 3 nitrogen and oxygen atoms in total. The largest absolute Gasteiger partial charge is 0.305 e. The highest BCUT2D eigenvalue weighted by molar-refractivity contribution is 5.14. The number of hydrogen-bond donors (Lipinski definition) is 1. The molecule has 1 fully saturated rings. The van der Waals surface area contributed by atoms with E-state index in [4.69, 9.17) is 4.84 Å². The summed E-state index contributed by atoms with van der Waals surface area (Å²) < 4.78 is 0. The molecule has 1 aliphatic rings. The summed E-state index contributed by atoms with van der Waals surface area (Å²) in [5, 5.41) is 0. The number of nitrogens with zero attached hydrogens (tertiary/aromatic N) is 1.